The van der Waals surface area contributed by atoms with Crippen molar-refractivity contribution in [3.63, 3.8) is 0 Å². The molecule has 1 saturated heterocycles. The summed E-state index contributed by atoms with van der Waals surface area (Å²) in [5.74, 6) is 0. The van der Waals surface area contributed by atoms with Crippen molar-refractivity contribution in [1.29, 1.82) is 0 Å². The Bertz CT molecular complexity index is 252. The minimum absolute atomic E-state index is 0.0929. The first-order valence-corrected chi connectivity index (χ1v) is 8.29. The number of nitrogens with one attached hydrogen (secondary N) is 1. The van der Waals surface area contributed by atoms with Gasteiger partial charge in [0.2, 0.25) is 0 Å². The monoisotopic (exact) mass is 303 g/mol. The van der Waals surface area contributed by atoms with Crippen LogP contribution in [0.5, 0.6) is 0 Å². The summed E-state index contributed by atoms with van der Waals surface area (Å²) in [6.07, 6.45) is 3.63. The molecule has 5 nitrogen and oxygen atoms in total. The third-order valence-corrected chi connectivity index (χ3v) is 4.05. The Hall–Kier alpha value is -0.200. The summed E-state index contributed by atoms with van der Waals surface area (Å²) in [4.78, 5) is 0. The van der Waals surface area contributed by atoms with Crippen LogP contribution in [0.15, 0.2) is 0 Å². The summed E-state index contributed by atoms with van der Waals surface area (Å²) in [5.41, 5.74) is 0.0929. The molecule has 0 amide bonds. The summed E-state index contributed by atoms with van der Waals surface area (Å²) in [5, 5.41) is 3.53. The van der Waals surface area contributed by atoms with Gasteiger partial charge >= 0.3 is 0 Å². The van der Waals surface area contributed by atoms with Crippen molar-refractivity contribution in [2.24, 2.45) is 0 Å². The van der Waals surface area contributed by atoms with E-state index in [9.17, 15) is 0 Å². The van der Waals surface area contributed by atoms with Gasteiger partial charge in [0.05, 0.1) is 39.1 Å². The zero-order valence-electron chi connectivity index (χ0n) is 14.0. The second-order valence-electron chi connectivity index (χ2n) is 5.80. The molecular weight excluding hydrogens is 270 g/mol. The zero-order chi connectivity index (χ0) is 15.4. The highest BCUT2D eigenvalue weighted by atomic mass is 16.5. The Balaban J connectivity index is 1.81. The fourth-order valence-corrected chi connectivity index (χ4v) is 2.26. The van der Waals surface area contributed by atoms with Crippen LogP contribution in [-0.4, -0.2) is 64.4 Å². The zero-order valence-corrected chi connectivity index (χ0v) is 14.0. The van der Waals surface area contributed by atoms with Crippen molar-refractivity contribution >= 4 is 0 Å². The lowest BCUT2D eigenvalue weighted by Crippen LogP contribution is -2.48. The lowest BCUT2D eigenvalue weighted by Gasteiger charge is -2.29. The molecule has 0 aromatic rings. The van der Waals surface area contributed by atoms with Gasteiger partial charge in [-0.2, -0.15) is 0 Å². The molecule has 0 aromatic heterocycles. The molecule has 126 valence electrons. The maximum atomic E-state index is 5.59. The van der Waals surface area contributed by atoms with Crippen LogP contribution >= 0.6 is 0 Å². The first-order chi connectivity index (χ1) is 10.2. The number of hydrogen-bond acceptors (Lipinski definition) is 5. The van der Waals surface area contributed by atoms with Gasteiger partial charge in [-0.1, -0.05) is 13.3 Å². The summed E-state index contributed by atoms with van der Waals surface area (Å²) in [6, 6.07) is 0. The predicted octanol–water partition coefficient (Wildman–Crippen LogP) is 1.99. The number of hydrogen-bond donors (Lipinski definition) is 1. The topological polar surface area (TPSA) is 49.0 Å². The molecule has 0 aliphatic carbocycles. The van der Waals surface area contributed by atoms with Crippen molar-refractivity contribution in [3.8, 4) is 0 Å². The van der Waals surface area contributed by atoms with Gasteiger partial charge in [-0.15, -0.1) is 0 Å². The molecule has 1 fully saturated rings. The molecule has 1 heterocycles. The van der Waals surface area contributed by atoms with E-state index in [0.717, 1.165) is 32.6 Å². The Labute approximate surface area is 129 Å². The quantitative estimate of drug-likeness (QED) is 0.527. The summed E-state index contributed by atoms with van der Waals surface area (Å²) < 4.78 is 22.0. The van der Waals surface area contributed by atoms with E-state index < -0.39 is 0 Å². The summed E-state index contributed by atoms with van der Waals surface area (Å²) in [7, 11) is 0. The van der Waals surface area contributed by atoms with Gasteiger partial charge in [0.1, 0.15) is 0 Å². The second kappa shape index (κ2) is 11.4. The number of rotatable bonds is 13. The second-order valence-corrected chi connectivity index (χ2v) is 5.80. The smallest absolute Gasteiger partial charge is 0.0726 e. The molecule has 1 N–H and O–H groups in total. The molecule has 0 spiro atoms. The minimum Gasteiger partial charge on any atom is -0.379 e. The molecule has 1 aliphatic rings. The van der Waals surface area contributed by atoms with Crippen LogP contribution in [-0.2, 0) is 18.9 Å². The molecule has 1 aliphatic heterocycles. The molecule has 0 radical (unpaired) electrons. The van der Waals surface area contributed by atoms with Crippen LogP contribution in [0.25, 0.3) is 0 Å². The van der Waals surface area contributed by atoms with E-state index >= 15 is 0 Å². The van der Waals surface area contributed by atoms with Crippen molar-refractivity contribution in [3.05, 3.63) is 0 Å². The highest BCUT2D eigenvalue weighted by Crippen LogP contribution is 2.24. The third-order valence-electron chi connectivity index (χ3n) is 4.05. The van der Waals surface area contributed by atoms with Crippen LogP contribution < -0.4 is 5.32 Å². The van der Waals surface area contributed by atoms with Gasteiger partial charge < -0.3 is 24.3 Å². The van der Waals surface area contributed by atoms with E-state index in [-0.39, 0.29) is 11.6 Å². The standard InChI is InChI=1S/C16H33NO4/c1-4-5-8-18-11-13-20-14-12-19-10-7-17-16(3)6-9-21-15(16)2/h15,17H,4-14H2,1-3H3. The van der Waals surface area contributed by atoms with Crippen molar-refractivity contribution in [2.45, 2.75) is 51.7 Å². The molecule has 0 saturated carbocycles. The van der Waals surface area contributed by atoms with Gasteiger partial charge in [0.25, 0.3) is 0 Å². The van der Waals surface area contributed by atoms with Gasteiger partial charge in [0.15, 0.2) is 0 Å². The van der Waals surface area contributed by atoms with Crippen LogP contribution in [0, 0.1) is 0 Å². The minimum atomic E-state index is 0.0929. The van der Waals surface area contributed by atoms with Crippen molar-refractivity contribution in [1.82, 2.24) is 5.32 Å². The van der Waals surface area contributed by atoms with Gasteiger partial charge in [-0.3, -0.25) is 0 Å². The van der Waals surface area contributed by atoms with Gasteiger partial charge in [-0.05, 0) is 26.7 Å². The average Bonchev–Trinajstić information content (AvgIpc) is 2.80. The van der Waals surface area contributed by atoms with E-state index in [0.29, 0.717) is 33.0 Å². The fourth-order valence-electron chi connectivity index (χ4n) is 2.26. The number of ether oxygens (including phenoxy) is 4. The average molecular weight is 303 g/mol. The third kappa shape index (κ3) is 8.12. The highest BCUT2D eigenvalue weighted by Gasteiger charge is 2.36. The van der Waals surface area contributed by atoms with Gasteiger partial charge in [-0.25, -0.2) is 0 Å². The normalized spacial score (nSPS) is 25.6. The Morgan fingerprint density at radius 1 is 1.05 bits per heavy atom. The van der Waals surface area contributed by atoms with Crippen LogP contribution in [0.1, 0.15) is 40.0 Å². The van der Waals surface area contributed by atoms with E-state index in [2.05, 4.69) is 26.1 Å². The van der Waals surface area contributed by atoms with E-state index in [4.69, 9.17) is 18.9 Å². The van der Waals surface area contributed by atoms with E-state index in [1.807, 2.05) is 0 Å². The molecule has 5 heteroatoms. The molecular formula is C16H33NO4. The summed E-state index contributed by atoms with van der Waals surface area (Å²) >= 11 is 0. The molecule has 2 unspecified atom stereocenters. The highest BCUT2D eigenvalue weighted by molar-refractivity contribution is 4.93. The van der Waals surface area contributed by atoms with Crippen LogP contribution in [0.3, 0.4) is 0 Å². The van der Waals surface area contributed by atoms with Crippen molar-refractivity contribution < 1.29 is 18.9 Å². The molecule has 21 heavy (non-hydrogen) atoms. The van der Waals surface area contributed by atoms with Gasteiger partial charge in [0, 0.05) is 25.3 Å². The van der Waals surface area contributed by atoms with E-state index in [1.165, 1.54) is 6.42 Å². The first-order valence-electron chi connectivity index (χ1n) is 8.29. The van der Waals surface area contributed by atoms with Crippen molar-refractivity contribution in [2.75, 3.05) is 52.8 Å². The Morgan fingerprint density at radius 2 is 1.67 bits per heavy atom. The van der Waals surface area contributed by atoms with Crippen LogP contribution in [0.2, 0.25) is 0 Å². The predicted molar refractivity (Wildman–Crippen MR) is 83.8 cm³/mol. The lowest BCUT2D eigenvalue weighted by atomic mass is 9.95. The number of unbranched alkanes of at least 4 members (excludes halogenated alkanes) is 1. The molecule has 1 rings (SSSR count). The summed E-state index contributed by atoms with van der Waals surface area (Å²) in [6.45, 7) is 12.3. The maximum absolute atomic E-state index is 5.59. The fraction of sp³-hybridized carbons (Fsp3) is 1.00. The largest absolute Gasteiger partial charge is 0.379 e. The maximum Gasteiger partial charge on any atom is 0.0726 e. The SMILES string of the molecule is CCCCOCCOCCOCCNC1(C)CCOC1C. The lowest BCUT2D eigenvalue weighted by molar-refractivity contribution is 0.0130. The molecule has 0 aromatic carbocycles. The Morgan fingerprint density at radius 3 is 2.24 bits per heavy atom. The van der Waals surface area contributed by atoms with E-state index in [1.54, 1.807) is 0 Å². The molecule has 0 bridgehead atoms. The van der Waals surface area contributed by atoms with Crippen LogP contribution in [0.4, 0.5) is 0 Å². The Kier molecular flexibility index (Phi) is 10.2. The first kappa shape index (κ1) is 18.8. The molecule has 2 atom stereocenters.